The van der Waals surface area contributed by atoms with Crippen molar-refractivity contribution in [3.63, 3.8) is 0 Å². The molecule has 0 atom stereocenters. The largest absolute Gasteiger partial charge is 0.288 e. The van der Waals surface area contributed by atoms with Crippen LogP contribution in [-0.2, 0) is 0 Å². The Morgan fingerprint density at radius 2 is 1.69 bits per heavy atom. The van der Waals surface area contributed by atoms with E-state index in [2.05, 4.69) is 0 Å². The summed E-state index contributed by atoms with van der Waals surface area (Å²) in [6.07, 6.45) is 0. The Morgan fingerprint density at radius 1 is 1.00 bits per heavy atom. The van der Waals surface area contributed by atoms with E-state index in [0.717, 1.165) is 5.56 Å². The van der Waals surface area contributed by atoms with Crippen LogP contribution in [0.25, 0.3) is 11.1 Å². The molecule has 2 aromatic carbocycles. The Bertz CT molecular complexity index is 526. The summed E-state index contributed by atoms with van der Waals surface area (Å²) in [5.74, 6) is 0. The van der Waals surface area contributed by atoms with Crippen LogP contribution in [0.2, 0.25) is 5.02 Å². The van der Waals surface area contributed by atoms with Gasteiger partial charge in [0.1, 0.15) is 5.02 Å². The Hall–Kier alpha value is -1.87. The molecule has 3 nitrogen and oxygen atoms in total. The van der Waals surface area contributed by atoms with Gasteiger partial charge in [0.05, 0.1) is 4.92 Å². The summed E-state index contributed by atoms with van der Waals surface area (Å²) in [7, 11) is 0. The zero-order valence-electron chi connectivity index (χ0n) is 8.26. The van der Waals surface area contributed by atoms with Gasteiger partial charge in [-0.2, -0.15) is 0 Å². The van der Waals surface area contributed by atoms with Gasteiger partial charge in [-0.1, -0.05) is 54.1 Å². The summed E-state index contributed by atoms with van der Waals surface area (Å²) >= 11 is 6.00. The van der Waals surface area contributed by atoms with Crippen LogP contribution in [0.1, 0.15) is 0 Å². The van der Waals surface area contributed by atoms with E-state index in [1.54, 1.807) is 12.1 Å². The van der Waals surface area contributed by atoms with Gasteiger partial charge in [-0.15, -0.1) is 0 Å². The molecule has 0 aromatic heterocycles. The Labute approximate surface area is 97.4 Å². The van der Waals surface area contributed by atoms with Gasteiger partial charge in [0.25, 0.3) is 5.69 Å². The van der Waals surface area contributed by atoms with Crippen LogP contribution < -0.4 is 0 Å². The molecule has 0 fully saturated rings. The summed E-state index contributed by atoms with van der Waals surface area (Å²) in [5.41, 5.74) is 1.48. The van der Waals surface area contributed by atoms with Gasteiger partial charge in [0.15, 0.2) is 0 Å². The fraction of sp³-hybridized carbons (Fsp3) is 0. The lowest BCUT2D eigenvalue weighted by Gasteiger charge is -2.04. The summed E-state index contributed by atoms with van der Waals surface area (Å²) in [6, 6.07) is 14.1. The van der Waals surface area contributed by atoms with E-state index in [0.29, 0.717) is 5.56 Å². The lowest BCUT2D eigenvalue weighted by molar-refractivity contribution is -0.384. The average molecular weight is 234 g/mol. The van der Waals surface area contributed by atoms with Crippen LogP contribution in [0.5, 0.6) is 0 Å². The zero-order valence-corrected chi connectivity index (χ0v) is 9.02. The minimum Gasteiger partial charge on any atom is -0.258 e. The monoisotopic (exact) mass is 233 g/mol. The molecule has 0 unspecified atom stereocenters. The van der Waals surface area contributed by atoms with E-state index < -0.39 is 4.92 Å². The van der Waals surface area contributed by atoms with E-state index in [1.165, 1.54) is 6.07 Å². The molecule has 16 heavy (non-hydrogen) atoms. The molecular formula is C12H8ClNO2. The molecule has 0 N–H and O–H groups in total. The molecule has 0 spiro atoms. The first-order valence-electron chi connectivity index (χ1n) is 4.68. The molecule has 0 heterocycles. The number of hydrogen-bond acceptors (Lipinski definition) is 2. The lowest BCUT2D eigenvalue weighted by atomic mass is 10.1. The van der Waals surface area contributed by atoms with E-state index >= 15 is 0 Å². The van der Waals surface area contributed by atoms with Crippen molar-refractivity contribution in [2.45, 2.75) is 0 Å². The third-order valence-electron chi connectivity index (χ3n) is 2.26. The summed E-state index contributed by atoms with van der Waals surface area (Å²) in [5, 5.41) is 10.9. The maximum atomic E-state index is 10.7. The lowest BCUT2D eigenvalue weighted by Crippen LogP contribution is -1.90. The highest BCUT2D eigenvalue weighted by Crippen LogP contribution is 2.34. The minimum absolute atomic E-state index is 0.0666. The number of nitrogens with zero attached hydrogens (tertiary/aromatic N) is 1. The molecule has 0 bridgehead atoms. The minimum atomic E-state index is -0.477. The molecule has 80 valence electrons. The van der Waals surface area contributed by atoms with Gasteiger partial charge in [-0.25, -0.2) is 0 Å². The molecule has 0 aliphatic carbocycles. The van der Waals surface area contributed by atoms with Crippen LogP contribution in [-0.4, -0.2) is 4.92 Å². The number of nitro benzene ring substituents is 1. The Balaban J connectivity index is 2.59. The molecule has 0 aliphatic heterocycles. The summed E-state index contributed by atoms with van der Waals surface area (Å²) in [4.78, 5) is 10.2. The number of rotatable bonds is 2. The molecule has 4 heteroatoms. The Morgan fingerprint density at radius 3 is 2.31 bits per heavy atom. The standard InChI is InChI=1S/C12H8ClNO2/c13-12-10(9-5-2-1-3-6-9)7-4-8-11(12)14(15)16/h1-8H. The highest BCUT2D eigenvalue weighted by atomic mass is 35.5. The van der Waals surface area contributed by atoms with Crippen LogP contribution in [0.4, 0.5) is 5.69 Å². The van der Waals surface area contributed by atoms with Crippen molar-refractivity contribution in [2.24, 2.45) is 0 Å². The highest BCUT2D eigenvalue weighted by molar-refractivity contribution is 6.35. The van der Waals surface area contributed by atoms with Gasteiger partial charge in [-0.05, 0) is 5.56 Å². The third-order valence-corrected chi connectivity index (χ3v) is 2.66. The SMILES string of the molecule is O=[N+]([O-])c1cccc(-c2ccccc2)c1Cl. The van der Waals surface area contributed by atoms with Crippen molar-refractivity contribution < 1.29 is 4.92 Å². The fourth-order valence-electron chi connectivity index (χ4n) is 1.50. The topological polar surface area (TPSA) is 43.1 Å². The molecule has 0 saturated heterocycles. The second-order valence-electron chi connectivity index (χ2n) is 3.26. The molecular weight excluding hydrogens is 226 g/mol. The van der Waals surface area contributed by atoms with Gasteiger partial charge in [-0.3, -0.25) is 10.1 Å². The maximum absolute atomic E-state index is 10.7. The predicted molar refractivity (Wildman–Crippen MR) is 63.5 cm³/mol. The van der Waals surface area contributed by atoms with Crippen LogP contribution in [0.15, 0.2) is 48.5 Å². The van der Waals surface area contributed by atoms with Gasteiger partial charge >= 0.3 is 0 Å². The van der Waals surface area contributed by atoms with Crippen molar-refractivity contribution >= 4 is 17.3 Å². The van der Waals surface area contributed by atoms with E-state index in [1.807, 2.05) is 30.3 Å². The highest BCUT2D eigenvalue weighted by Gasteiger charge is 2.15. The van der Waals surface area contributed by atoms with E-state index in [4.69, 9.17) is 11.6 Å². The quantitative estimate of drug-likeness (QED) is 0.583. The van der Waals surface area contributed by atoms with Crippen molar-refractivity contribution in [3.05, 3.63) is 63.7 Å². The third kappa shape index (κ3) is 1.90. The summed E-state index contributed by atoms with van der Waals surface area (Å²) < 4.78 is 0. The van der Waals surface area contributed by atoms with E-state index in [9.17, 15) is 10.1 Å². The predicted octanol–water partition coefficient (Wildman–Crippen LogP) is 3.92. The number of halogens is 1. The maximum Gasteiger partial charge on any atom is 0.288 e. The molecule has 0 aliphatic rings. The molecule has 0 radical (unpaired) electrons. The van der Waals surface area contributed by atoms with Crippen LogP contribution in [0, 0.1) is 10.1 Å². The zero-order chi connectivity index (χ0) is 11.5. The first kappa shape index (κ1) is 10.6. The average Bonchev–Trinajstić information content (AvgIpc) is 2.30. The van der Waals surface area contributed by atoms with E-state index in [-0.39, 0.29) is 10.7 Å². The second-order valence-corrected chi connectivity index (χ2v) is 3.64. The number of nitro groups is 1. The smallest absolute Gasteiger partial charge is 0.258 e. The summed E-state index contributed by atoms with van der Waals surface area (Å²) in [6.45, 7) is 0. The van der Waals surface area contributed by atoms with Gasteiger partial charge < -0.3 is 0 Å². The number of hydrogen-bond donors (Lipinski definition) is 0. The molecule has 0 amide bonds. The van der Waals surface area contributed by atoms with Gasteiger partial charge in [0.2, 0.25) is 0 Å². The molecule has 0 saturated carbocycles. The molecule has 2 aromatic rings. The van der Waals surface area contributed by atoms with Crippen molar-refractivity contribution in [3.8, 4) is 11.1 Å². The first-order valence-corrected chi connectivity index (χ1v) is 5.06. The van der Waals surface area contributed by atoms with Crippen LogP contribution in [0.3, 0.4) is 0 Å². The normalized spacial score (nSPS) is 10.1. The first-order chi connectivity index (χ1) is 7.70. The second kappa shape index (κ2) is 4.33. The number of benzene rings is 2. The van der Waals surface area contributed by atoms with Crippen molar-refractivity contribution in [1.82, 2.24) is 0 Å². The molecule has 2 rings (SSSR count). The van der Waals surface area contributed by atoms with Crippen molar-refractivity contribution in [2.75, 3.05) is 0 Å². The van der Waals surface area contributed by atoms with Crippen LogP contribution >= 0.6 is 11.6 Å². The van der Waals surface area contributed by atoms with Crippen molar-refractivity contribution in [1.29, 1.82) is 0 Å². The fourth-order valence-corrected chi connectivity index (χ4v) is 1.81. The van der Waals surface area contributed by atoms with Gasteiger partial charge in [0, 0.05) is 11.6 Å². The Kier molecular flexibility index (Phi) is 2.88.